The molecule has 0 aromatic heterocycles. The van der Waals surface area contributed by atoms with Crippen molar-refractivity contribution in [1.29, 1.82) is 0 Å². The maximum Gasteiger partial charge on any atom is 0.0319 e. The Morgan fingerprint density at radius 2 is 1.74 bits per heavy atom. The topological polar surface area (TPSA) is 15.3 Å². The number of hydrogen-bond donors (Lipinski definition) is 1. The number of rotatable bonds is 5. The molecule has 0 aliphatic carbocycles. The molecule has 1 heterocycles. The van der Waals surface area contributed by atoms with Crippen molar-refractivity contribution in [2.24, 2.45) is 5.92 Å². The van der Waals surface area contributed by atoms with Crippen LogP contribution in [0, 0.1) is 5.92 Å². The van der Waals surface area contributed by atoms with E-state index < -0.39 is 0 Å². The van der Waals surface area contributed by atoms with E-state index in [1.54, 1.807) is 0 Å². The van der Waals surface area contributed by atoms with Crippen LogP contribution in [0.2, 0.25) is 0 Å². The Morgan fingerprint density at radius 3 is 2.32 bits per heavy atom. The fourth-order valence-corrected chi connectivity index (χ4v) is 2.89. The summed E-state index contributed by atoms with van der Waals surface area (Å²) in [5.41, 5.74) is 1.45. The third kappa shape index (κ3) is 4.32. The number of benzene rings is 1. The first-order chi connectivity index (χ1) is 9.16. The van der Waals surface area contributed by atoms with Crippen LogP contribution in [0.1, 0.15) is 45.2 Å². The molecule has 2 nitrogen and oxygen atoms in total. The van der Waals surface area contributed by atoms with Crippen LogP contribution in [0.25, 0.3) is 0 Å². The molecule has 0 spiro atoms. The molecule has 2 heteroatoms. The van der Waals surface area contributed by atoms with E-state index in [0.29, 0.717) is 12.1 Å². The minimum atomic E-state index is 0.556. The van der Waals surface area contributed by atoms with Crippen LogP contribution in [0.4, 0.5) is 0 Å². The SMILES string of the molecule is CC(C)NCC1CCN(C(C)c2ccccc2)CC1. The molecule has 1 atom stereocenters. The van der Waals surface area contributed by atoms with Crippen molar-refractivity contribution in [3.05, 3.63) is 35.9 Å². The molecule has 1 unspecified atom stereocenters. The Hall–Kier alpha value is -0.860. The zero-order valence-corrected chi connectivity index (χ0v) is 12.6. The number of nitrogens with zero attached hydrogens (tertiary/aromatic N) is 1. The Balaban J connectivity index is 1.80. The molecule has 1 aromatic rings. The Kier molecular flexibility index (Phi) is 5.41. The van der Waals surface area contributed by atoms with Crippen LogP contribution < -0.4 is 5.32 Å². The van der Waals surface area contributed by atoms with E-state index in [9.17, 15) is 0 Å². The van der Waals surface area contributed by atoms with Gasteiger partial charge in [0.15, 0.2) is 0 Å². The third-order valence-corrected chi connectivity index (χ3v) is 4.29. The molecule has 1 aromatic carbocycles. The van der Waals surface area contributed by atoms with Gasteiger partial charge >= 0.3 is 0 Å². The summed E-state index contributed by atoms with van der Waals surface area (Å²) in [6.07, 6.45) is 2.66. The van der Waals surface area contributed by atoms with Crippen molar-refractivity contribution in [2.45, 2.75) is 45.7 Å². The number of piperidine rings is 1. The van der Waals surface area contributed by atoms with E-state index in [1.165, 1.54) is 38.0 Å². The van der Waals surface area contributed by atoms with Crippen LogP contribution in [-0.2, 0) is 0 Å². The highest BCUT2D eigenvalue weighted by molar-refractivity contribution is 5.18. The average molecular weight is 260 g/mol. The zero-order chi connectivity index (χ0) is 13.7. The molecule has 19 heavy (non-hydrogen) atoms. The van der Waals surface area contributed by atoms with Gasteiger partial charge in [-0.25, -0.2) is 0 Å². The fourth-order valence-electron chi connectivity index (χ4n) is 2.89. The van der Waals surface area contributed by atoms with E-state index in [0.717, 1.165) is 5.92 Å². The van der Waals surface area contributed by atoms with Gasteiger partial charge < -0.3 is 5.32 Å². The molecule has 0 saturated carbocycles. The van der Waals surface area contributed by atoms with E-state index in [4.69, 9.17) is 0 Å². The van der Waals surface area contributed by atoms with Gasteiger partial charge in [0.2, 0.25) is 0 Å². The molecule has 1 saturated heterocycles. The van der Waals surface area contributed by atoms with Gasteiger partial charge in [0.25, 0.3) is 0 Å². The van der Waals surface area contributed by atoms with Gasteiger partial charge in [0.05, 0.1) is 0 Å². The quantitative estimate of drug-likeness (QED) is 0.872. The lowest BCUT2D eigenvalue weighted by Crippen LogP contribution is -2.39. The van der Waals surface area contributed by atoms with E-state index in [-0.39, 0.29) is 0 Å². The Morgan fingerprint density at radius 1 is 1.11 bits per heavy atom. The number of nitrogens with one attached hydrogen (secondary N) is 1. The lowest BCUT2D eigenvalue weighted by atomic mass is 9.94. The zero-order valence-electron chi connectivity index (χ0n) is 12.6. The fraction of sp³-hybridized carbons (Fsp3) is 0.647. The van der Waals surface area contributed by atoms with Gasteiger partial charge in [0, 0.05) is 12.1 Å². The molecule has 0 amide bonds. The van der Waals surface area contributed by atoms with Crippen molar-refractivity contribution in [2.75, 3.05) is 19.6 Å². The van der Waals surface area contributed by atoms with Gasteiger partial charge in [-0.15, -0.1) is 0 Å². The molecule has 1 aliphatic rings. The summed E-state index contributed by atoms with van der Waals surface area (Å²) < 4.78 is 0. The van der Waals surface area contributed by atoms with E-state index in [2.05, 4.69) is 61.3 Å². The minimum Gasteiger partial charge on any atom is -0.314 e. The average Bonchev–Trinajstić information content (AvgIpc) is 2.46. The van der Waals surface area contributed by atoms with Crippen molar-refractivity contribution in [1.82, 2.24) is 10.2 Å². The van der Waals surface area contributed by atoms with Crippen molar-refractivity contribution in [3.63, 3.8) is 0 Å². The lowest BCUT2D eigenvalue weighted by molar-refractivity contribution is 0.139. The largest absolute Gasteiger partial charge is 0.314 e. The molecule has 106 valence electrons. The highest BCUT2D eigenvalue weighted by Crippen LogP contribution is 2.26. The second-order valence-electron chi connectivity index (χ2n) is 6.13. The molecule has 2 rings (SSSR count). The van der Waals surface area contributed by atoms with Crippen molar-refractivity contribution in [3.8, 4) is 0 Å². The molecular weight excluding hydrogens is 232 g/mol. The third-order valence-electron chi connectivity index (χ3n) is 4.29. The summed E-state index contributed by atoms with van der Waals surface area (Å²) in [7, 11) is 0. The summed E-state index contributed by atoms with van der Waals surface area (Å²) >= 11 is 0. The molecule has 0 radical (unpaired) electrons. The van der Waals surface area contributed by atoms with Crippen LogP contribution in [0.5, 0.6) is 0 Å². The van der Waals surface area contributed by atoms with Crippen molar-refractivity contribution >= 4 is 0 Å². The minimum absolute atomic E-state index is 0.556. The van der Waals surface area contributed by atoms with E-state index in [1.807, 2.05) is 0 Å². The second kappa shape index (κ2) is 7.06. The summed E-state index contributed by atoms with van der Waals surface area (Å²) in [5.74, 6) is 0.863. The Bertz CT molecular complexity index is 353. The normalized spacial score (nSPS) is 19.8. The van der Waals surface area contributed by atoms with Crippen LogP contribution >= 0.6 is 0 Å². The molecule has 0 bridgehead atoms. The Labute approximate surface area is 118 Å². The van der Waals surface area contributed by atoms with Crippen LogP contribution in [0.3, 0.4) is 0 Å². The molecular formula is C17H28N2. The predicted molar refractivity (Wildman–Crippen MR) is 82.3 cm³/mol. The number of likely N-dealkylation sites (tertiary alicyclic amines) is 1. The lowest BCUT2D eigenvalue weighted by Gasteiger charge is -2.36. The highest BCUT2D eigenvalue weighted by atomic mass is 15.2. The van der Waals surface area contributed by atoms with Crippen LogP contribution in [-0.4, -0.2) is 30.6 Å². The smallest absolute Gasteiger partial charge is 0.0319 e. The van der Waals surface area contributed by atoms with Gasteiger partial charge in [0.1, 0.15) is 0 Å². The maximum absolute atomic E-state index is 3.57. The number of hydrogen-bond acceptors (Lipinski definition) is 2. The first kappa shape index (κ1) is 14.5. The van der Waals surface area contributed by atoms with Gasteiger partial charge in [-0.3, -0.25) is 4.90 Å². The maximum atomic E-state index is 3.57. The first-order valence-electron chi connectivity index (χ1n) is 7.69. The molecule has 1 aliphatic heterocycles. The highest BCUT2D eigenvalue weighted by Gasteiger charge is 2.23. The predicted octanol–water partition coefficient (Wildman–Crippen LogP) is 3.46. The standard InChI is InChI=1S/C17H28N2/c1-14(2)18-13-16-9-11-19(12-10-16)15(3)17-7-5-4-6-8-17/h4-8,14-16,18H,9-13H2,1-3H3. The summed E-state index contributed by atoms with van der Waals surface area (Å²) in [6.45, 7) is 10.5. The summed E-state index contributed by atoms with van der Waals surface area (Å²) in [5, 5.41) is 3.57. The van der Waals surface area contributed by atoms with Gasteiger partial charge in [-0.05, 0) is 50.9 Å². The second-order valence-corrected chi connectivity index (χ2v) is 6.13. The first-order valence-corrected chi connectivity index (χ1v) is 7.69. The van der Waals surface area contributed by atoms with Gasteiger partial charge in [-0.1, -0.05) is 44.2 Å². The molecule has 1 fully saturated rings. The van der Waals surface area contributed by atoms with E-state index >= 15 is 0 Å². The van der Waals surface area contributed by atoms with Gasteiger partial charge in [-0.2, -0.15) is 0 Å². The van der Waals surface area contributed by atoms with Crippen molar-refractivity contribution < 1.29 is 0 Å². The summed E-state index contributed by atoms with van der Waals surface area (Å²) in [6, 6.07) is 12.0. The molecule has 1 N–H and O–H groups in total. The summed E-state index contributed by atoms with van der Waals surface area (Å²) in [4.78, 5) is 2.63. The van der Waals surface area contributed by atoms with Crippen LogP contribution in [0.15, 0.2) is 30.3 Å². The monoisotopic (exact) mass is 260 g/mol.